The topological polar surface area (TPSA) is 59.3 Å². The largest absolute Gasteiger partial charge is 0.300 e. The third kappa shape index (κ3) is 4.26. The van der Waals surface area contributed by atoms with E-state index in [0.29, 0.717) is 5.84 Å². The highest BCUT2D eigenvalue weighted by atomic mass is 32.2. The fourth-order valence-electron chi connectivity index (χ4n) is 3.51. The zero-order chi connectivity index (χ0) is 21.9. The second-order valence-corrected chi connectivity index (χ2v) is 8.42. The molecule has 0 unspecified atom stereocenters. The Morgan fingerprint density at radius 1 is 0.969 bits per heavy atom. The van der Waals surface area contributed by atoms with Gasteiger partial charge < -0.3 is 5.32 Å². The zero-order valence-electron chi connectivity index (χ0n) is 17.4. The predicted molar refractivity (Wildman–Crippen MR) is 131 cm³/mol. The molecule has 6 heteroatoms. The number of carbonyl (C=O) groups is 1. The van der Waals surface area contributed by atoms with Gasteiger partial charge in [0.15, 0.2) is 0 Å². The molecule has 5 rings (SSSR count). The van der Waals surface area contributed by atoms with Gasteiger partial charge in [-0.1, -0.05) is 60.7 Å². The van der Waals surface area contributed by atoms with Crippen LogP contribution in [0.15, 0.2) is 101 Å². The Kier molecular flexibility index (Phi) is 5.44. The van der Waals surface area contributed by atoms with E-state index in [4.69, 9.17) is 5.10 Å². The van der Waals surface area contributed by atoms with Crippen molar-refractivity contribution < 1.29 is 4.79 Å². The molecule has 1 amide bonds. The first-order valence-electron chi connectivity index (χ1n) is 10.2. The van der Waals surface area contributed by atoms with E-state index in [1.165, 1.54) is 0 Å². The van der Waals surface area contributed by atoms with Gasteiger partial charge in [0.2, 0.25) is 0 Å². The molecular formula is C26H20N4OS. The van der Waals surface area contributed by atoms with E-state index in [1.807, 2.05) is 109 Å². The monoisotopic (exact) mass is 436 g/mol. The van der Waals surface area contributed by atoms with Gasteiger partial charge in [-0.2, -0.15) is 5.10 Å². The molecule has 1 N–H and O–H groups in total. The summed E-state index contributed by atoms with van der Waals surface area (Å²) >= 11 is 1.14. The van der Waals surface area contributed by atoms with Crippen molar-refractivity contribution in [2.75, 3.05) is 0 Å². The Balaban J connectivity index is 1.61. The second-order valence-electron chi connectivity index (χ2n) is 7.40. The van der Waals surface area contributed by atoms with E-state index < -0.39 is 0 Å². The number of nitrogens with one attached hydrogen (secondary N) is 1. The van der Waals surface area contributed by atoms with Gasteiger partial charge in [0.1, 0.15) is 5.84 Å². The fraction of sp³-hybridized carbons (Fsp3) is 0.0385. The van der Waals surface area contributed by atoms with Crippen LogP contribution in [-0.2, 0) is 0 Å². The molecule has 1 aliphatic heterocycles. The molecule has 0 aliphatic carbocycles. The summed E-state index contributed by atoms with van der Waals surface area (Å²) in [6, 6.07) is 27.9. The van der Waals surface area contributed by atoms with Crippen LogP contribution < -0.4 is 5.32 Å². The Hall–Kier alpha value is -3.90. The first kappa shape index (κ1) is 20.0. The minimum absolute atomic E-state index is 0.139. The van der Waals surface area contributed by atoms with Gasteiger partial charge in [0.05, 0.1) is 22.0 Å². The van der Waals surface area contributed by atoms with Crippen LogP contribution in [0.1, 0.15) is 11.1 Å². The number of aryl methyl sites for hydroxylation is 1. The van der Waals surface area contributed by atoms with Gasteiger partial charge in [-0.15, -0.1) is 0 Å². The van der Waals surface area contributed by atoms with Crippen molar-refractivity contribution in [3.8, 4) is 16.9 Å². The summed E-state index contributed by atoms with van der Waals surface area (Å²) in [5, 5.41) is 7.58. The molecular weight excluding hydrogens is 416 g/mol. The summed E-state index contributed by atoms with van der Waals surface area (Å²) < 4.78 is 1.86. The van der Waals surface area contributed by atoms with Crippen LogP contribution in [0, 0.1) is 6.92 Å². The highest BCUT2D eigenvalue weighted by Crippen LogP contribution is 2.32. The van der Waals surface area contributed by atoms with Crippen LogP contribution >= 0.6 is 11.8 Å². The highest BCUT2D eigenvalue weighted by Gasteiger charge is 2.24. The minimum atomic E-state index is -0.139. The van der Waals surface area contributed by atoms with Crippen LogP contribution in [-0.4, -0.2) is 20.9 Å². The summed E-state index contributed by atoms with van der Waals surface area (Å²) in [7, 11) is 0. The Morgan fingerprint density at radius 3 is 2.47 bits per heavy atom. The molecule has 0 bridgehead atoms. The molecule has 5 nitrogen and oxygen atoms in total. The maximum absolute atomic E-state index is 12.2. The average molecular weight is 437 g/mol. The van der Waals surface area contributed by atoms with Crippen molar-refractivity contribution in [1.82, 2.24) is 15.1 Å². The smallest absolute Gasteiger partial charge is 0.289 e. The number of hydrogen-bond donors (Lipinski definition) is 1. The number of carbonyl (C=O) groups excluding carboxylic acids is 1. The molecule has 1 saturated heterocycles. The normalized spacial score (nSPS) is 16.0. The lowest BCUT2D eigenvalue weighted by Gasteiger charge is -2.02. The van der Waals surface area contributed by atoms with Crippen LogP contribution in [0.2, 0.25) is 0 Å². The number of thioether (sulfide) groups is 1. The van der Waals surface area contributed by atoms with Gasteiger partial charge in [-0.3, -0.25) is 4.79 Å². The number of amidine groups is 1. The second kappa shape index (κ2) is 8.69. The number of aromatic nitrogens is 2. The summed E-state index contributed by atoms with van der Waals surface area (Å²) in [5.74, 6) is 0.553. The molecule has 156 valence electrons. The number of benzene rings is 3. The maximum atomic E-state index is 12.2. The third-order valence-electron chi connectivity index (χ3n) is 5.00. The van der Waals surface area contributed by atoms with Gasteiger partial charge >= 0.3 is 0 Å². The molecule has 1 fully saturated rings. The number of amides is 1. The molecule has 0 radical (unpaired) electrons. The van der Waals surface area contributed by atoms with Gasteiger partial charge in [-0.25, -0.2) is 9.67 Å². The summed E-state index contributed by atoms with van der Waals surface area (Å²) in [5.41, 5.74) is 5.65. The summed E-state index contributed by atoms with van der Waals surface area (Å²) in [6.07, 6.45) is 3.96. The molecule has 0 spiro atoms. The molecule has 2 heterocycles. The first-order chi connectivity index (χ1) is 15.7. The number of nitrogens with zero attached hydrogens (tertiary/aromatic N) is 3. The van der Waals surface area contributed by atoms with Crippen LogP contribution in [0.5, 0.6) is 0 Å². The number of rotatable bonds is 4. The van der Waals surface area contributed by atoms with Crippen molar-refractivity contribution in [2.45, 2.75) is 6.92 Å². The number of hydrogen-bond acceptors (Lipinski definition) is 4. The van der Waals surface area contributed by atoms with Gasteiger partial charge in [0, 0.05) is 17.3 Å². The number of aliphatic imine (C=N–C) groups is 1. The third-order valence-corrected chi connectivity index (χ3v) is 5.81. The van der Waals surface area contributed by atoms with Crippen molar-refractivity contribution in [3.63, 3.8) is 0 Å². The van der Waals surface area contributed by atoms with Gasteiger partial charge in [0.25, 0.3) is 5.24 Å². The molecule has 0 saturated carbocycles. The van der Waals surface area contributed by atoms with E-state index in [1.54, 1.807) is 0 Å². The maximum Gasteiger partial charge on any atom is 0.289 e. The Labute approximate surface area is 190 Å². The van der Waals surface area contributed by atoms with Crippen molar-refractivity contribution in [3.05, 3.63) is 107 Å². The van der Waals surface area contributed by atoms with Crippen molar-refractivity contribution in [1.29, 1.82) is 0 Å². The van der Waals surface area contributed by atoms with Crippen LogP contribution in [0.3, 0.4) is 0 Å². The summed E-state index contributed by atoms with van der Waals surface area (Å²) in [4.78, 5) is 17.6. The molecule has 3 aromatic carbocycles. The first-order valence-corrected chi connectivity index (χ1v) is 11.0. The molecule has 4 aromatic rings. The Bertz CT molecular complexity index is 1340. The lowest BCUT2D eigenvalue weighted by atomic mass is 10.1. The molecule has 0 atom stereocenters. The Morgan fingerprint density at radius 2 is 1.72 bits per heavy atom. The lowest BCUT2D eigenvalue weighted by molar-refractivity contribution is 0.265. The minimum Gasteiger partial charge on any atom is -0.300 e. The van der Waals surface area contributed by atoms with Crippen molar-refractivity contribution in [2.24, 2.45) is 4.99 Å². The molecule has 32 heavy (non-hydrogen) atoms. The predicted octanol–water partition coefficient (Wildman–Crippen LogP) is 6.38. The quantitative estimate of drug-likeness (QED) is 0.404. The fourth-order valence-corrected chi connectivity index (χ4v) is 4.23. The van der Waals surface area contributed by atoms with E-state index in [-0.39, 0.29) is 5.24 Å². The van der Waals surface area contributed by atoms with E-state index in [0.717, 1.165) is 50.4 Å². The zero-order valence-corrected chi connectivity index (χ0v) is 18.2. The van der Waals surface area contributed by atoms with Crippen molar-refractivity contribution >= 4 is 34.6 Å². The molecule has 1 aromatic heterocycles. The number of para-hydroxylation sites is 1. The SMILES string of the molecule is Cc1cccc(N=C2NC(=O)S/C2=C\c2cn(-c3ccccc3)nc2-c2ccccc2)c1. The summed E-state index contributed by atoms with van der Waals surface area (Å²) in [6.45, 7) is 2.02. The highest BCUT2D eigenvalue weighted by molar-refractivity contribution is 8.18. The standard InChI is InChI=1S/C26H20N4OS/c1-18-9-8-12-21(15-18)27-25-23(32-26(31)28-25)16-20-17-30(22-13-6-3-7-14-22)29-24(20)19-10-4-2-5-11-19/h2-17H,1H3,(H,27,28,31)/b23-16-. The average Bonchev–Trinajstić information content (AvgIpc) is 3.38. The van der Waals surface area contributed by atoms with E-state index in [2.05, 4.69) is 10.3 Å². The lowest BCUT2D eigenvalue weighted by Crippen LogP contribution is -2.18. The van der Waals surface area contributed by atoms with Crippen LogP contribution in [0.4, 0.5) is 10.5 Å². The van der Waals surface area contributed by atoms with E-state index >= 15 is 0 Å². The molecule has 1 aliphatic rings. The van der Waals surface area contributed by atoms with Crippen LogP contribution in [0.25, 0.3) is 23.0 Å². The van der Waals surface area contributed by atoms with E-state index in [9.17, 15) is 4.79 Å². The van der Waals surface area contributed by atoms with Gasteiger partial charge in [-0.05, 0) is 54.6 Å².